The first-order chi connectivity index (χ1) is 18.3. The van der Waals surface area contributed by atoms with E-state index in [2.05, 4.69) is 10.6 Å². The summed E-state index contributed by atoms with van der Waals surface area (Å²) in [5.74, 6) is 0.729. The molecule has 3 aromatic carbocycles. The monoisotopic (exact) mass is 535 g/mol. The second kappa shape index (κ2) is 11.9. The number of rotatable bonds is 8. The van der Waals surface area contributed by atoms with Crippen molar-refractivity contribution in [3.8, 4) is 17.2 Å². The molecule has 0 spiro atoms. The van der Waals surface area contributed by atoms with Crippen LogP contribution in [0.3, 0.4) is 0 Å². The van der Waals surface area contributed by atoms with Crippen molar-refractivity contribution in [2.45, 2.75) is 23.5 Å². The van der Waals surface area contributed by atoms with Gasteiger partial charge in [-0.3, -0.25) is 14.4 Å². The fourth-order valence-electron chi connectivity index (χ4n) is 4.25. The molecule has 1 aliphatic heterocycles. The van der Waals surface area contributed by atoms with E-state index in [1.165, 1.54) is 11.8 Å². The molecule has 1 heterocycles. The Balaban J connectivity index is 1.59. The van der Waals surface area contributed by atoms with Crippen LogP contribution in [0.1, 0.15) is 24.2 Å². The van der Waals surface area contributed by atoms with Crippen LogP contribution in [0.15, 0.2) is 65.6 Å². The lowest BCUT2D eigenvalue weighted by Gasteiger charge is -2.22. The highest BCUT2D eigenvalue weighted by atomic mass is 32.2. The molecule has 4 rings (SSSR count). The number of thioether (sulfide) groups is 1. The molecular weight excluding hydrogens is 506 g/mol. The molecular formula is C28H29N3O6S. The standard InChI is InChI=1S/C28H29N3O6S/c1-17(32)29-19-8-7-9-20(14-19)30-26(33)16-31-21-10-5-6-11-24(21)38-25(15-27(31)34)18-12-22(35-2)28(37-4)23(13-18)36-3/h5-14,25H,15-16H2,1-4H3,(H,29,32)(H,30,33). The van der Waals surface area contributed by atoms with Gasteiger partial charge in [-0.1, -0.05) is 18.2 Å². The number of carbonyl (C=O) groups excluding carboxylic acids is 3. The maximum atomic E-state index is 13.6. The van der Waals surface area contributed by atoms with Crippen molar-refractivity contribution >= 4 is 46.5 Å². The van der Waals surface area contributed by atoms with Crippen molar-refractivity contribution < 1.29 is 28.6 Å². The largest absolute Gasteiger partial charge is 0.493 e. The molecule has 0 saturated heterocycles. The van der Waals surface area contributed by atoms with Crippen molar-refractivity contribution in [3.63, 3.8) is 0 Å². The lowest BCUT2D eigenvalue weighted by molar-refractivity contribution is -0.121. The number of anilines is 3. The first-order valence-electron chi connectivity index (χ1n) is 11.9. The Hall–Kier alpha value is -4.18. The number of benzene rings is 3. The maximum Gasteiger partial charge on any atom is 0.244 e. The number of ether oxygens (including phenoxy) is 3. The quantitative estimate of drug-likeness (QED) is 0.424. The fraction of sp³-hybridized carbons (Fsp3) is 0.250. The van der Waals surface area contributed by atoms with Crippen LogP contribution >= 0.6 is 11.8 Å². The van der Waals surface area contributed by atoms with E-state index in [4.69, 9.17) is 14.2 Å². The minimum atomic E-state index is -0.357. The van der Waals surface area contributed by atoms with Gasteiger partial charge in [0.15, 0.2) is 11.5 Å². The highest BCUT2D eigenvalue weighted by molar-refractivity contribution is 7.99. The van der Waals surface area contributed by atoms with Crippen molar-refractivity contribution in [1.29, 1.82) is 0 Å². The highest BCUT2D eigenvalue weighted by Crippen LogP contribution is 2.49. The average molecular weight is 536 g/mol. The number of nitrogens with one attached hydrogen (secondary N) is 2. The van der Waals surface area contributed by atoms with Crippen LogP contribution in [-0.4, -0.2) is 45.6 Å². The Morgan fingerprint density at radius 1 is 0.921 bits per heavy atom. The molecule has 38 heavy (non-hydrogen) atoms. The van der Waals surface area contributed by atoms with Crippen LogP contribution in [0.25, 0.3) is 0 Å². The summed E-state index contributed by atoms with van der Waals surface area (Å²) < 4.78 is 16.5. The molecule has 1 atom stereocenters. The van der Waals surface area contributed by atoms with E-state index in [1.54, 1.807) is 57.4 Å². The fourth-order valence-corrected chi connectivity index (χ4v) is 5.51. The minimum absolute atomic E-state index is 0.156. The summed E-state index contributed by atoms with van der Waals surface area (Å²) in [6.45, 7) is 1.25. The predicted octanol–water partition coefficient (Wildman–Crippen LogP) is 4.88. The van der Waals surface area contributed by atoms with E-state index >= 15 is 0 Å². The second-order valence-electron chi connectivity index (χ2n) is 8.53. The zero-order valence-corrected chi connectivity index (χ0v) is 22.4. The smallest absolute Gasteiger partial charge is 0.244 e. The average Bonchev–Trinajstić information content (AvgIpc) is 3.03. The van der Waals surface area contributed by atoms with E-state index in [-0.39, 0.29) is 35.9 Å². The number of fused-ring (bicyclic) bond motifs is 1. The topological polar surface area (TPSA) is 106 Å². The third kappa shape index (κ3) is 6.03. The summed E-state index contributed by atoms with van der Waals surface area (Å²) in [6, 6.07) is 18.0. The predicted molar refractivity (Wildman–Crippen MR) is 147 cm³/mol. The van der Waals surface area contributed by atoms with Crippen LogP contribution in [0.5, 0.6) is 17.2 Å². The highest BCUT2D eigenvalue weighted by Gasteiger charge is 2.31. The first-order valence-corrected chi connectivity index (χ1v) is 12.7. The summed E-state index contributed by atoms with van der Waals surface area (Å²) in [7, 11) is 4.64. The number of nitrogens with zero attached hydrogens (tertiary/aromatic N) is 1. The van der Waals surface area contributed by atoms with E-state index in [0.29, 0.717) is 34.3 Å². The minimum Gasteiger partial charge on any atom is -0.493 e. The van der Waals surface area contributed by atoms with Crippen LogP contribution < -0.4 is 29.7 Å². The van der Waals surface area contributed by atoms with Crippen LogP contribution in [0.2, 0.25) is 0 Å². The van der Waals surface area contributed by atoms with Crippen LogP contribution in [0.4, 0.5) is 17.1 Å². The van der Waals surface area contributed by atoms with Gasteiger partial charge >= 0.3 is 0 Å². The summed E-state index contributed by atoms with van der Waals surface area (Å²) in [5, 5.41) is 5.26. The zero-order valence-electron chi connectivity index (χ0n) is 21.6. The van der Waals surface area contributed by atoms with Gasteiger partial charge < -0.3 is 29.7 Å². The van der Waals surface area contributed by atoms with Crippen molar-refractivity contribution in [2.24, 2.45) is 0 Å². The lowest BCUT2D eigenvalue weighted by Crippen LogP contribution is -2.38. The Morgan fingerprint density at radius 3 is 2.21 bits per heavy atom. The van der Waals surface area contributed by atoms with Crippen molar-refractivity contribution in [3.05, 3.63) is 66.2 Å². The SMILES string of the molecule is COc1cc(C2CC(=O)N(CC(=O)Nc3cccc(NC(C)=O)c3)c3ccccc3S2)cc(OC)c1OC. The van der Waals surface area contributed by atoms with Crippen molar-refractivity contribution in [1.82, 2.24) is 0 Å². The van der Waals surface area contributed by atoms with E-state index in [1.807, 2.05) is 36.4 Å². The molecule has 0 bridgehead atoms. The van der Waals surface area contributed by atoms with Gasteiger partial charge in [0.2, 0.25) is 23.5 Å². The number of methoxy groups -OCH3 is 3. The number of amides is 3. The van der Waals surface area contributed by atoms with Crippen molar-refractivity contribution in [2.75, 3.05) is 43.4 Å². The first kappa shape index (κ1) is 26.9. The number of hydrogen-bond acceptors (Lipinski definition) is 7. The van der Waals surface area contributed by atoms with Crippen LogP contribution in [-0.2, 0) is 14.4 Å². The Kier molecular flexibility index (Phi) is 8.42. The van der Waals surface area contributed by atoms with Gasteiger partial charge in [-0.2, -0.15) is 0 Å². The molecule has 3 amide bonds. The van der Waals surface area contributed by atoms with Gasteiger partial charge in [0.25, 0.3) is 0 Å². The summed E-state index contributed by atoms with van der Waals surface area (Å²) >= 11 is 1.54. The molecule has 0 radical (unpaired) electrons. The Bertz CT molecular complexity index is 1340. The van der Waals surface area contributed by atoms with Crippen LogP contribution in [0, 0.1) is 0 Å². The number of para-hydroxylation sites is 1. The molecule has 0 aromatic heterocycles. The maximum absolute atomic E-state index is 13.6. The third-order valence-corrected chi connectivity index (χ3v) is 7.24. The molecule has 1 aliphatic rings. The van der Waals surface area contributed by atoms with Gasteiger partial charge in [-0.15, -0.1) is 11.8 Å². The molecule has 0 aliphatic carbocycles. The number of hydrogen-bond donors (Lipinski definition) is 2. The second-order valence-corrected chi connectivity index (χ2v) is 9.77. The summed E-state index contributed by atoms with van der Waals surface area (Å²) in [5.41, 5.74) is 2.59. The van der Waals surface area contributed by atoms with E-state index in [9.17, 15) is 14.4 Å². The molecule has 2 N–H and O–H groups in total. The molecule has 10 heteroatoms. The van der Waals surface area contributed by atoms with Gasteiger partial charge in [0.1, 0.15) is 6.54 Å². The van der Waals surface area contributed by atoms with Gasteiger partial charge in [-0.25, -0.2) is 0 Å². The third-order valence-electron chi connectivity index (χ3n) is 5.91. The Labute approximate surface area is 225 Å². The number of carbonyl (C=O) groups is 3. The molecule has 198 valence electrons. The normalized spacial score (nSPS) is 14.7. The van der Waals surface area contributed by atoms with Gasteiger partial charge in [-0.05, 0) is 48.0 Å². The molecule has 0 saturated carbocycles. The lowest BCUT2D eigenvalue weighted by atomic mass is 10.1. The Morgan fingerprint density at radius 2 is 1.58 bits per heavy atom. The van der Waals surface area contributed by atoms with Gasteiger partial charge in [0, 0.05) is 34.9 Å². The summed E-state index contributed by atoms with van der Waals surface area (Å²) in [4.78, 5) is 40.3. The molecule has 9 nitrogen and oxygen atoms in total. The van der Waals surface area contributed by atoms with E-state index < -0.39 is 0 Å². The molecule has 3 aromatic rings. The van der Waals surface area contributed by atoms with Gasteiger partial charge in [0.05, 0.1) is 27.0 Å². The van der Waals surface area contributed by atoms with E-state index in [0.717, 1.165) is 10.5 Å². The summed E-state index contributed by atoms with van der Waals surface area (Å²) in [6.07, 6.45) is 0.156. The molecule has 0 fully saturated rings. The zero-order chi connectivity index (χ0) is 27.2. The molecule has 1 unspecified atom stereocenters.